The van der Waals surface area contributed by atoms with Crippen LogP contribution in [0.25, 0.3) is 0 Å². The van der Waals surface area contributed by atoms with Gasteiger partial charge in [0.2, 0.25) is 0 Å². The highest BCUT2D eigenvalue weighted by molar-refractivity contribution is 5.70. The van der Waals surface area contributed by atoms with Gasteiger partial charge in [-0.05, 0) is 6.42 Å². The molecule has 11 nitrogen and oxygen atoms in total. The van der Waals surface area contributed by atoms with Crippen LogP contribution in [0.5, 0.6) is 0 Å². The highest BCUT2D eigenvalue weighted by Gasteiger charge is 1.99. The lowest BCUT2D eigenvalue weighted by molar-refractivity contribution is -0.146. The van der Waals surface area contributed by atoms with Crippen molar-refractivity contribution in [2.24, 2.45) is 0 Å². The molecule has 46 heavy (non-hydrogen) atoms. The number of methoxy groups -OCH3 is 1. The summed E-state index contributed by atoms with van der Waals surface area (Å²) in [5, 5.41) is 0. The van der Waals surface area contributed by atoms with E-state index in [0.29, 0.717) is 106 Å². The van der Waals surface area contributed by atoms with Gasteiger partial charge < -0.3 is 47.4 Å². The molecule has 0 saturated carbocycles. The van der Waals surface area contributed by atoms with Crippen molar-refractivity contribution in [3.63, 3.8) is 0 Å². The maximum absolute atomic E-state index is 10.9. The Kier molecular flexibility index (Phi) is 41.3. The van der Waals surface area contributed by atoms with Gasteiger partial charge in [-0.3, -0.25) is 0 Å². The molecule has 0 aromatic carbocycles. The molecule has 0 saturated heterocycles. The highest BCUT2D eigenvalue weighted by Crippen LogP contribution is 2.13. The number of rotatable bonds is 41. The van der Waals surface area contributed by atoms with Crippen LogP contribution >= 0.6 is 0 Å². The van der Waals surface area contributed by atoms with Crippen molar-refractivity contribution < 1.29 is 52.2 Å². The van der Waals surface area contributed by atoms with E-state index in [1.54, 1.807) is 0 Å². The number of hydrogen-bond acceptors (Lipinski definition) is 11. The zero-order valence-electron chi connectivity index (χ0n) is 29.6. The SMILES string of the molecule is CCCCCCCCCCCCCCCCOCCOCCOCCOCCOCCOCCOCCOCCOCC(=O)OC. The summed E-state index contributed by atoms with van der Waals surface area (Å²) in [7, 11) is 1.32. The lowest BCUT2D eigenvalue weighted by atomic mass is 10.0. The van der Waals surface area contributed by atoms with Gasteiger partial charge in [-0.25, -0.2) is 4.79 Å². The van der Waals surface area contributed by atoms with Crippen molar-refractivity contribution in [2.75, 3.05) is 126 Å². The van der Waals surface area contributed by atoms with Gasteiger partial charge >= 0.3 is 5.97 Å². The van der Waals surface area contributed by atoms with E-state index in [4.69, 9.17) is 42.6 Å². The van der Waals surface area contributed by atoms with E-state index in [1.807, 2.05) is 0 Å². The lowest BCUT2D eigenvalue weighted by Crippen LogP contribution is -2.16. The molecular formula is C35H70O11. The Morgan fingerprint density at radius 1 is 0.326 bits per heavy atom. The standard InChI is InChI=1S/C35H70O11/c1-3-4-5-6-7-8-9-10-11-12-13-14-15-16-17-38-18-19-39-20-21-40-22-23-41-24-25-42-26-27-43-28-29-44-30-31-45-32-33-46-34-35(36)37-2/h3-34H2,1-2H3. The summed E-state index contributed by atoms with van der Waals surface area (Å²) in [4.78, 5) is 10.9. The van der Waals surface area contributed by atoms with E-state index in [2.05, 4.69) is 11.7 Å². The first-order valence-electron chi connectivity index (χ1n) is 18.1. The summed E-state index contributed by atoms with van der Waals surface area (Å²) in [5.74, 6) is -0.401. The maximum Gasteiger partial charge on any atom is 0.331 e. The van der Waals surface area contributed by atoms with Crippen LogP contribution in [0.2, 0.25) is 0 Å². The molecule has 0 rings (SSSR count). The number of unbranched alkanes of at least 4 members (excludes halogenated alkanes) is 13. The Bertz CT molecular complexity index is 569. The molecule has 0 N–H and O–H groups in total. The molecule has 0 heterocycles. The molecule has 0 aliphatic carbocycles. The van der Waals surface area contributed by atoms with E-state index in [0.717, 1.165) is 13.0 Å². The predicted molar refractivity (Wildman–Crippen MR) is 180 cm³/mol. The van der Waals surface area contributed by atoms with Crippen molar-refractivity contribution in [2.45, 2.75) is 96.8 Å². The van der Waals surface area contributed by atoms with Crippen LogP contribution in [0.3, 0.4) is 0 Å². The van der Waals surface area contributed by atoms with Gasteiger partial charge in [0.15, 0.2) is 0 Å². The molecule has 0 atom stereocenters. The number of carbonyl (C=O) groups excluding carboxylic acids is 1. The Morgan fingerprint density at radius 3 is 0.848 bits per heavy atom. The Hall–Kier alpha value is -0.890. The predicted octanol–water partition coefficient (Wildman–Crippen LogP) is 5.79. The van der Waals surface area contributed by atoms with Gasteiger partial charge in [-0.1, -0.05) is 90.4 Å². The van der Waals surface area contributed by atoms with Crippen molar-refractivity contribution in [3.05, 3.63) is 0 Å². The van der Waals surface area contributed by atoms with Crippen molar-refractivity contribution in [3.8, 4) is 0 Å². The minimum atomic E-state index is -0.401. The van der Waals surface area contributed by atoms with E-state index >= 15 is 0 Å². The normalized spacial score (nSPS) is 11.4. The summed E-state index contributed by atoms with van der Waals surface area (Å²) in [6.07, 6.45) is 19.2. The largest absolute Gasteiger partial charge is 0.467 e. The Balaban J connectivity index is 3.05. The number of esters is 1. The third-order valence-corrected chi connectivity index (χ3v) is 7.07. The Labute approximate surface area is 280 Å². The van der Waals surface area contributed by atoms with Gasteiger partial charge in [0.05, 0.1) is 113 Å². The van der Waals surface area contributed by atoms with E-state index in [-0.39, 0.29) is 6.61 Å². The summed E-state index contributed by atoms with van der Waals surface area (Å²) in [5.41, 5.74) is 0. The second-order valence-corrected chi connectivity index (χ2v) is 11.1. The number of hydrogen-bond donors (Lipinski definition) is 0. The van der Waals surface area contributed by atoms with E-state index in [1.165, 1.54) is 90.6 Å². The molecule has 0 fully saturated rings. The quantitative estimate of drug-likeness (QED) is 0.0584. The van der Waals surface area contributed by atoms with Crippen molar-refractivity contribution in [1.29, 1.82) is 0 Å². The number of carbonyl (C=O) groups is 1. The fourth-order valence-electron chi connectivity index (χ4n) is 4.37. The van der Waals surface area contributed by atoms with E-state index < -0.39 is 5.97 Å². The van der Waals surface area contributed by atoms with Gasteiger partial charge in [-0.2, -0.15) is 0 Å². The van der Waals surface area contributed by atoms with Gasteiger partial charge in [0.1, 0.15) is 6.61 Å². The monoisotopic (exact) mass is 666 g/mol. The second-order valence-electron chi connectivity index (χ2n) is 11.1. The van der Waals surface area contributed by atoms with Crippen LogP contribution in [0, 0.1) is 0 Å². The summed E-state index contributed by atoms with van der Waals surface area (Å²) < 4.78 is 53.4. The van der Waals surface area contributed by atoms with Gasteiger partial charge in [-0.15, -0.1) is 0 Å². The molecule has 0 aliphatic heterocycles. The summed E-state index contributed by atoms with van der Waals surface area (Å²) >= 11 is 0. The molecule has 0 radical (unpaired) electrons. The van der Waals surface area contributed by atoms with Crippen LogP contribution in [0.1, 0.15) is 96.8 Å². The molecule has 0 amide bonds. The second kappa shape index (κ2) is 42.1. The first-order chi connectivity index (χ1) is 22.8. The van der Waals surface area contributed by atoms with Crippen LogP contribution < -0.4 is 0 Å². The van der Waals surface area contributed by atoms with Crippen molar-refractivity contribution in [1.82, 2.24) is 0 Å². The van der Waals surface area contributed by atoms with Crippen LogP contribution in [-0.4, -0.2) is 132 Å². The van der Waals surface area contributed by atoms with Gasteiger partial charge in [0, 0.05) is 6.61 Å². The molecule has 0 aromatic heterocycles. The molecule has 276 valence electrons. The van der Waals surface area contributed by atoms with Crippen LogP contribution in [0.4, 0.5) is 0 Å². The molecule has 0 aromatic rings. The molecule has 0 bridgehead atoms. The lowest BCUT2D eigenvalue weighted by Gasteiger charge is -2.09. The first-order valence-corrected chi connectivity index (χ1v) is 18.1. The third kappa shape index (κ3) is 41.1. The zero-order chi connectivity index (χ0) is 33.3. The first kappa shape index (κ1) is 45.1. The zero-order valence-corrected chi connectivity index (χ0v) is 29.6. The Morgan fingerprint density at radius 2 is 0.565 bits per heavy atom. The maximum atomic E-state index is 10.9. The summed E-state index contributed by atoms with van der Waals surface area (Å²) in [6, 6.07) is 0. The number of ether oxygens (including phenoxy) is 10. The average Bonchev–Trinajstić information content (AvgIpc) is 3.07. The van der Waals surface area contributed by atoms with Crippen LogP contribution in [-0.2, 0) is 52.2 Å². The molecule has 11 heteroatoms. The smallest absolute Gasteiger partial charge is 0.331 e. The molecular weight excluding hydrogens is 596 g/mol. The minimum Gasteiger partial charge on any atom is -0.467 e. The van der Waals surface area contributed by atoms with E-state index in [9.17, 15) is 4.79 Å². The van der Waals surface area contributed by atoms with Crippen LogP contribution in [0.15, 0.2) is 0 Å². The molecule has 0 unspecified atom stereocenters. The fourth-order valence-corrected chi connectivity index (χ4v) is 4.37. The molecule has 0 spiro atoms. The topological polar surface area (TPSA) is 109 Å². The van der Waals surface area contributed by atoms with Gasteiger partial charge in [0.25, 0.3) is 0 Å². The third-order valence-electron chi connectivity index (χ3n) is 7.07. The minimum absolute atomic E-state index is 0.0632. The average molecular weight is 667 g/mol. The highest BCUT2D eigenvalue weighted by atomic mass is 16.6. The summed E-state index contributed by atoms with van der Waals surface area (Å²) in [6.45, 7) is 11.2. The fraction of sp³-hybridized carbons (Fsp3) is 0.971. The van der Waals surface area contributed by atoms with Crippen molar-refractivity contribution >= 4 is 5.97 Å². The molecule has 0 aliphatic rings.